The Morgan fingerprint density at radius 3 is 2.38 bits per heavy atom. The fourth-order valence-corrected chi connectivity index (χ4v) is 6.75. The molecule has 39 heavy (non-hydrogen) atoms. The third kappa shape index (κ3) is 7.41. The van der Waals surface area contributed by atoms with Crippen LogP contribution >= 0.6 is 11.6 Å². The summed E-state index contributed by atoms with van der Waals surface area (Å²) in [7, 11) is 0. The summed E-state index contributed by atoms with van der Waals surface area (Å²) in [5.74, 6) is 0.749. The molecule has 3 unspecified atom stereocenters. The number of benzene rings is 2. The van der Waals surface area contributed by atoms with Crippen LogP contribution in [-0.2, 0) is 29.0 Å². The van der Waals surface area contributed by atoms with E-state index in [1.807, 2.05) is 41.3 Å². The minimum atomic E-state index is -0.608. The van der Waals surface area contributed by atoms with E-state index in [-0.39, 0.29) is 17.9 Å². The molecule has 2 aromatic carbocycles. The van der Waals surface area contributed by atoms with Crippen LogP contribution in [0.5, 0.6) is 0 Å². The number of piperazine rings is 1. The summed E-state index contributed by atoms with van der Waals surface area (Å²) in [5, 5.41) is 7.15. The van der Waals surface area contributed by atoms with E-state index in [2.05, 4.69) is 34.6 Å². The smallest absolute Gasteiger partial charge is 0.245 e. The van der Waals surface area contributed by atoms with Crippen molar-refractivity contribution in [2.24, 2.45) is 5.92 Å². The summed E-state index contributed by atoms with van der Waals surface area (Å²) in [6.07, 6.45) is 9.23. The van der Waals surface area contributed by atoms with E-state index in [9.17, 15) is 9.59 Å². The molecule has 3 atom stereocenters. The van der Waals surface area contributed by atoms with Gasteiger partial charge in [0.1, 0.15) is 6.04 Å². The molecule has 2 amide bonds. The van der Waals surface area contributed by atoms with Gasteiger partial charge in [-0.3, -0.25) is 14.5 Å². The van der Waals surface area contributed by atoms with E-state index in [1.54, 1.807) is 0 Å². The van der Waals surface area contributed by atoms with Crippen LogP contribution in [0.15, 0.2) is 48.5 Å². The van der Waals surface area contributed by atoms with Crippen LogP contribution in [0.2, 0.25) is 5.02 Å². The Hall–Kier alpha value is -2.41. The highest BCUT2D eigenvalue weighted by atomic mass is 35.5. The number of hydrogen-bond acceptors (Lipinski definition) is 4. The first-order valence-corrected chi connectivity index (χ1v) is 15.2. The maximum Gasteiger partial charge on any atom is 0.245 e. The molecule has 1 saturated carbocycles. The lowest BCUT2D eigenvalue weighted by Crippen LogP contribution is -2.59. The van der Waals surface area contributed by atoms with Gasteiger partial charge in [0.2, 0.25) is 11.8 Å². The Morgan fingerprint density at radius 2 is 1.67 bits per heavy atom. The lowest BCUT2D eigenvalue weighted by atomic mass is 9.85. The van der Waals surface area contributed by atoms with Crippen LogP contribution in [0.25, 0.3) is 0 Å². The number of nitrogens with zero attached hydrogens (tertiary/aromatic N) is 2. The molecule has 7 heteroatoms. The van der Waals surface area contributed by atoms with Crippen molar-refractivity contribution in [3.8, 4) is 0 Å². The zero-order valence-corrected chi connectivity index (χ0v) is 24.0. The first-order valence-electron chi connectivity index (χ1n) is 14.8. The minimum absolute atomic E-state index is 0.00842. The number of amides is 2. The number of fused-ring (bicyclic) bond motifs is 1. The van der Waals surface area contributed by atoms with Crippen molar-refractivity contribution >= 4 is 23.4 Å². The highest BCUT2D eigenvalue weighted by molar-refractivity contribution is 6.30. The molecule has 2 aliphatic heterocycles. The fraction of sp³-hybridized carbons (Fsp3) is 0.562. The largest absolute Gasteiger partial charge is 0.343 e. The molecule has 210 valence electrons. The number of hydrogen-bond donors (Lipinski definition) is 2. The van der Waals surface area contributed by atoms with Crippen LogP contribution in [0.4, 0.5) is 0 Å². The van der Waals surface area contributed by atoms with Gasteiger partial charge in [0.05, 0.1) is 6.04 Å². The highest BCUT2D eigenvalue weighted by Crippen LogP contribution is 2.29. The van der Waals surface area contributed by atoms with Crippen LogP contribution < -0.4 is 10.6 Å². The molecule has 2 N–H and O–H groups in total. The quantitative estimate of drug-likeness (QED) is 0.505. The van der Waals surface area contributed by atoms with Crippen LogP contribution in [-0.4, -0.2) is 65.9 Å². The van der Waals surface area contributed by atoms with Gasteiger partial charge in [0, 0.05) is 50.2 Å². The molecule has 2 heterocycles. The monoisotopic (exact) mass is 550 g/mol. The Kier molecular flexibility index (Phi) is 9.59. The van der Waals surface area contributed by atoms with Gasteiger partial charge in [0.25, 0.3) is 0 Å². The van der Waals surface area contributed by atoms with Crippen molar-refractivity contribution in [3.63, 3.8) is 0 Å². The summed E-state index contributed by atoms with van der Waals surface area (Å²) < 4.78 is 0. The van der Waals surface area contributed by atoms with E-state index >= 15 is 0 Å². The first kappa shape index (κ1) is 28.1. The summed E-state index contributed by atoms with van der Waals surface area (Å²) >= 11 is 6.10. The fourth-order valence-electron chi connectivity index (χ4n) is 6.63. The van der Waals surface area contributed by atoms with Crippen molar-refractivity contribution in [1.29, 1.82) is 0 Å². The number of carbonyl (C=O) groups excluding carboxylic acids is 2. The van der Waals surface area contributed by atoms with Crippen molar-refractivity contribution in [2.45, 2.75) is 83.0 Å². The summed E-state index contributed by atoms with van der Waals surface area (Å²) in [6.45, 7) is 6.20. The molecule has 0 radical (unpaired) electrons. The second-order valence-electron chi connectivity index (χ2n) is 11.7. The molecular formula is C32H43ClN4O2. The lowest BCUT2D eigenvalue weighted by molar-refractivity contribution is -0.138. The zero-order chi connectivity index (χ0) is 27.2. The first-order chi connectivity index (χ1) is 19.0. The predicted molar refractivity (Wildman–Crippen MR) is 157 cm³/mol. The summed E-state index contributed by atoms with van der Waals surface area (Å²) in [5.41, 5.74) is 3.40. The van der Waals surface area contributed by atoms with E-state index < -0.39 is 6.04 Å². The van der Waals surface area contributed by atoms with Gasteiger partial charge in [0.15, 0.2) is 0 Å². The number of rotatable bonds is 8. The molecule has 0 spiro atoms. The predicted octanol–water partition coefficient (Wildman–Crippen LogP) is 4.58. The Balaban J connectivity index is 1.21. The maximum absolute atomic E-state index is 13.8. The van der Waals surface area contributed by atoms with Gasteiger partial charge in [-0.15, -0.1) is 0 Å². The minimum Gasteiger partial charge on any atom is -0.343 e. The van der Waals surface area contributed by atoms with Crippen molar-refractivity contribution < 1.29 is 9.59 Å². The molecule has 0 aromatic heterocycles. The SMILES string of the molecule is CC(CC1CCCCC1)N1CCN(C(=O)C(Cc2ccc(Cl)cc2)NC(=O)C2Cc3ccccc3CN2)CC1. The standard InChI is InChI=1S/C32H43ClN4O2/c1-23(19-24-7-3-2-4-8-24)36-15-17-37(18-16-36)32(39)30(20-25-11-13-28(33)14-12-25)35-31(38)29-21-26-9-5-6-10-27(26)22-34-29/h5-6,9-14,23-24,29-30,34H,2-4,7-8,15-22H2,1H3,(H,35,38). The number of nitrogens with one attached hydrogen (secondary N) is 2. The van der Waals surface area contributed by atoms with E-state index in [1.165, 1.54) is 49.7 Å². The zero-order valence-electron chi connectivity index (χ0n) is 23.2. The topological polar surface area (TPSA) is 64.7 Å². The average Bonchev–Trinajstić information content (AvgIpc) is 2.98. The molecule has 1 saturated heterocycles. The van der Waals surface area contributed by atoms with Crippen molar-refractivity contribution in [3.05, 3.63) is 70.2 Å². The molecule has 2 aromatic rings. The van der Waals surface area contributed by atoms with Crippen molar-refractivity contribution in [2.75, 3.05) is 26.2 Å². The Bertz CT molecular complexity index is 1110. The van der Waals surface area contributed by atoms with Gasteiger partial charge in [-0.05, 0) is 54.5 Å². The third-order valence-electron chi connectivity index (χ3n) is 9.01. The molecular weight excluding hydrogens is 508 g/mol. The normalized spacial score (nSPS) is 22.1. The van der Waals surface area contributed by atoms with Gasteiger partial charge >= 0.3 is 0 Å². The van der Waals surface area contributed by atoms with E-state index in [0.29, 0.717) is 43.5 Å². The molecule has 6 nitrogen and oxygen atoms in total. The van der Waals surface area contributed by atoms with Crippen LogP contribution in [0, 0.1) is 5.92 Å². The Labute approximate surface area is 238 Å². The van der Waals surface area contributed by atoms with Crippen molar-refractivity contribution in [1.82, 2.24) is 20.4 Å². The molecule has 0 bridgehead atoms. The molecule has 3 aliphatic rings. The van der Waals surface area contributed by atoms with E-state index in [0.717, 1.165) is 24.6 Å². The second-order valence-corrected chi connectivity index (χ2v) is 12.2. The number of carbonyl (C=O) groups is 2. The lowest BCUT2D eigenvalue weighted by Gasteiger charge is -2.40. The summed E-state index contributed by atoms with van der Waals surface area (Å²) in [4.78, 5) is 31.7. The molecule has 1 aliphatic carbocycles. The Morgan fingerprint density at radius 1 is 0.974 bits per heavy atom. The van der Waals surface area contributed by atoms with Crippen LogP contribution in [0.3, 0.4) is 0 Å². The van der Waals surface area contributed by atoms with Gasteiger partial charge in [-0.25, -0.2) is 0 Å². The highest BCUT2D eigenvalue weighted by Gasteiger charge is 2.33. The number of halogens is 1. The van der Waals surface area contributed by atoms with Crippen LogP contribution in [0.1, 0.15) is 62.1 Å². The molecule has 5 rings (SSSR count). The maximum atomic E-state index is 13.8. The van der Waals surface area contributed by atoms with Gasteiger partial charge in [-0.1, -0.05) is 80.1 Å². The average molecular weight is 551 g/mol. The molecule has 2 fully saturated rings. The van der Waals surface area contributed by atoms with Gasteiger partial charge < -0.3 is 15.5 Å². The van der Waals surface area contributed by atoms with E-state index in [4.69, 9.17) is 11.6 Å². The van der Waals surface area contributed by atoms with Gasteiger partial charge in [-0.2, -0.15) is 0 Å². The third-order valence-corrected chi connectivity index (χ3v) is 9.27. The summed E-state index contributed by atoms with van der Waals surface area (Å²) in [6, 6.07) is 15.4. The second kappa shape index (κ2) is 13.3.